The Hall–Kier alpha value is -0.0305. The van der Waals surface area contributed by atoms with E-state index in [0.29, 0.717) is 0 Å². The molecule has 0 amide bonds. The van der Waals surface area contributed by atoms with Crippen molar-refractivity contribution in [2.24, 2.45) is 0 Å². The van der Waals surface area contributed by atoms with Crippen molar-refractivity contribution in [1.82, 2.24) is 0 Å². The molecule has 0 radical (unpaired) electrons. The van der Waals surface area contributed by atoms with Gasteiger partial charge in [0.05, 0.1) is 0 Å². The Morgan fingerprint density at radius 2 is 1.50 bits per heavy atom. The maximum atomic E-state index is 6.25. The van der Waals surface area contributed by atoms with Gasteiger partial charge in [-0.2, -0.15) is 0 Å². The third-order valence-electron chi connectivity index (χ3n) is 0.827. The van der Waals surface area contributed by atoms with E-state index < -0.39 is 0 Å². The molecule has 1 saturated heterocycles. The van der Waals surface area contributed by atoms with Crippen molar-refractivity contribution in [3.8, 4) is 0 Å². The molecule has 1 rings (SSSR count). The molecule has 0 saturated carbocycles. The molecule has 0 N–H and O–H groups in total. The molecule has 1 aliphatic rings. The van der Waals surface area contributed by atoms with Gasteiger partial charge in [0.1, 0.15) is 0 Å². The maximum Gasteiger partial charge on any atom is 1.00 e. The van der Waals surface area contributed by atoms with Gasteiger partial charge < -0.3 is 16.6 Å². The van der Waals surface area contributed by atoms with E-state index in [0.717, 1.165) is 13.2 Å². The van der Waals surface area contributed by atoms with Gasteiger partial charge in [0.25, 0.3) is 0 Å². The molecule has 1 heterocycles. The molecular weight excluding hydrogens is 154 g/mol. The monoisotopic (exact) mass is 161 g/mol. The van der Waals surface area contributed by atoms with E-state index in [-0.39, 0.29) is 17.1 Å². The molecule has 0 aromatic heterocycles. The van der Waals surface area contributed by atoms with Crippen molar-refractivity contribution in [3.63, 3.8) is 0 Å². The van der Waals surface area contributed by atoms with Crippen molar-refractivity contribution < 1.29 is 21.8 Å². The maximum absolute atomic E-state index is 6.25. The molecule has 8 heavy (non-hydrogen) atoms. The van der Waals surface area contributed by atoms with Crippen LogP contribution in [0.4, 0.5) is 0 Å². The van der Waals surface area contributed by atoms with Gasteiger partial charge in [0.2, 0.25) is 0 Å². The Morgan fingerprint density at radius 3 is 1.62 bits per heavy atom. The Bertz CT molecular complexity index is 44.0. The fourth-order valence-corrected chi connectivity index (χ4v) is 0.510. The van der Waals surface area contributed by atoms with E-state index in [1.54, 1.807) is 0 Å². The third-order valence-corrected chi connectivity index (χ3v) is 0.827. The molecule has 1 fully saturated rings. The summed E-state index contributed by atoms with van der Waals surface area (Å²) < 4.78 is 4.94. The van der Waals surface area contributed by atoms with Gasteiger partial charge in [-0.05, 0) is 12.8 Å². The van der Waals surface area contributed by atoms with E-state index >= 15 is 0 Å². The first kappa shape index (κ1) is 10.9. The minimum atomic E-state index is 0. The Balaban J connectivity index is 0. The average Bonchev–Trinajstić information content (AvgIpc) is 2.23. The molecule has 0 spiro atoms. The SMILES string of the molecule is C1CCOC1.[C-]#N.[Cu+]. The second-order valence-electron chi connectivity index (χ2n) is 1.32. The van der Waals surface area contributed by atoms with Gasteiger partial charge in [-0.1, -0.05) is 0 Å². The van der Waals surface area contributed by atoms with Crippen molar-refractivity contribution >= 4 is 0 Å². The van der Waals surface area contributed by atoms with E-state index in [1.807, 2.05) is 0 Å². The Labute approximate surface area is 60.3 Å². The van der Waals surface area contributed by atoms with Crippen LogP contribution in [0.1, 0.15) is 12.8 Å². The van der Waals surface area contributed by atoms with Crippen LogP contribution >= 0.6 is 0 Å². The average molecular weight is 162 g/mol. The number of hydrogen-bond donors (Lipinski definition) is 0. The minimum Gasteiger partial charge on any atom is -0.512 e. The zero-order valence-corrected chi connectivity index (χ0v) is 5.43. The molecule has 0 unspecified atom stereocenters. The molecule has 0 bridgehead atoms. The molecule has 0 aromatic rings. The van der Waals surface area contributed by atoms with Crippen LogP contribution in [-0.2, 0) is 21.8 Å². The van der Waals surface area contributed by atoms with E-state index in [1.165, 1.54) is 12.8 Å². The second kappa shape index (κ2) is 10.1. The van der Waals surface area contributed by atoms with Crippen molar-refractivity contribution in [1.29, 1.82) is 5.26 Å². The smallest absolute Gasteiger partial charge is 0.512 e. The molecular formula is C5H8CuNO. The summed E-state index contributed by atoms with van der Waals surface area (Å²) in [6.07, 6.45) is 2.56. The van der Waals surface area contributed by atoms with Gasteiger partial charge in [-0.15, -0.1) is 0 Å². The minimum absolute atomic E-state index is 0. The fraction of sp³-hybridized carbons (Fsp3) is 0.800. The van der Waals surface area contributed by atoms with E-state index in [2.05, 4.69) is 0 Å². The topological polar surface area (TPSA) is 33.0 Å². The van der Waals surface area contributed by atoms with Crippen LogP contribution in [-0.4, -0.2) is 13.2 Å². The van der Waals surface area contributed by atoms with Crippen LogP contribution in [0.15, 0.2) is 0 Å². The predicted octanol–water partition coefficient (Wildman–Crippen LogP) is 0.891. The zero-order valence-electron chi connectivity index (χ0n) is 4.49. The number of hydrogen-bond acceptors (Lipinski definition) is 2. The normalized spacial score (nSPS) is 15.2. The van der Waals surface area contributed by atoms with Gasteiger partial charge in [0, 0.05) is 13.2 Å². The molecule has 0 atom stereocenters. The zero-order chi connectivity index (χ0) is 5.54. The van der Waals surface area contributed by atoms with Gasteiger partial charge >= 0.3 is 17.1 Å². The fourth-order valence-electron chi connectivity index (χ4n) is 0.510. The number of ether oxygens (including phenoxy) is 1. The summed E-state index contributed by atoms with van der Waals surface area (Å²) in [7, 11) is 0. The first-order valence-electron chi connectivity index (χ1n) is 2.30. The second-order valence-corrected chi connectivity index (χ2v) is 1.32. The summed E-state index contributed by atoms with van der Waals surface area (Å²) in [5.41, 5.74) is 0. The Kier molecular flexibility index (Phi) is 13.7. The van der Waals surface area contributed by atoms with Crippen LogP contribution in [0.2, 0.25) is 0 Å². The summed E-state index contributed by atoms with van der Waals surface area (Å²) in [4.78, 5) is 0. The van der Waals surface area contributed by atoms with Crippen LogP contribution in [0.3, 0.4) is 0 Å². The molecule has 3 heteroatoms. The largest absolute Gasteiger partial charge is 1.00 e. The van der Waals surface area contributed by atoms with Gasteiger partial charge in [-0.25, -0.2) is 0 Å². The summed E-state index contributed by atoms with van der Waals surface area (Å²) in [5, 5.41) is 6.25. The Morgan fingerprint density at radius 1 is 1.12 bits per heavy atom. The first-order chi connectivity index (χ1) is 3.50. The predicted molar refractivity (Wildman–Crippen MR) is 25.0 cm³/mol. The summed E-state index contributed by atoms with van der Waals surface area (Å²) >= 11 is 0. The molecule has 50 valence electrons. The van der Waals surface area contributed by atoms with E-state index in [9.17, 15) is 0 Å². The van der Waals surface area contributed by atoms with Crippen molar-refractivity contribution in [2.75, 3.05) is 13.2 Å². The van der Waals surface area contributed by atoms with Crippen LogP contribution in [0.5, 0.6) is 0 Å². The third kappa shape index (κ3) is 5.97. The van der Waals surface area contributed by atoms with Crippen molar-refractivity contribution in [2.45, 2.75) is 12.8 Å². The summed E-state index contributed by atoms with van der Waals surface area (Å²) in [6.45, 7) is 6.75. The number of rotatable bonds is 0. The van der Waals surface area contributed by atoms with Gasteiger partial charge in [0.15, 0.2) is 0 Å². The summed E-state index contributed by atoms with van der Waals surface area (Å²) in [6, 6.07) is 0. The standard InChI is InChI=1S/C4H8O.CN.Cu/c1-2-4-5-3-1;1-2;/h1-4H2;;/q;-1;+1. The van der Waals surface area contributed by atoms with Crippen LogP contribution in [0, 0.1) is 11.8 Å². The quantitative estimate of drug-likeness (QED) is 0.391. The molecule has 0 aliphatic carbocycles. The van der Waals surface area contributed by atoms with Gasteiger partial charge in [-0.3, -0.25) is 0 Å². The number of nitrogens with zero attached hydrogens (tertiary/aromatic N) is 1. The molecule has 1 aliphatic heterocycles. The molecule has 2 nitrogen and oxygen atoms in total. The van der Waals surface area contributed by atoms with Crippen LogP contribution in [0.25, 0.3) is 0 Å². The molecule has 0 aromatic carbocycles. The van der Waals surface area contributed by atoms with E-state index in [4.69, 9.17) is 16.6 Å². The first-order valence-corrected chi connectivity index (χ1v) is 2.30. The van der Waals surface area contributed by atoms with Crippen molar-refractivity contribution in [3.05, 3.63) is 6.57 Å². The summed E-state index contributed by atoms with van der Waals surface area (Å²) in [5.74, 6) is 0. The van der Waals surface area contributed by atoms with Crippen LogP contribution < -0.4 is 0 Å².